The first-order valence-electron chi connectivity index (χ1n) is 11.5. The SMILES string of the molecule is CCNC(=O)C(CC)N(Cc1cccc(C)c1)C(=O)CCCN(c1cc(Cl)ccc1Cl)S(C)(=O)=O. The van der Waals surface area contributed by atoms with E-state index in [0.717, 1.165) is 21.7 Å². The van der Waals surface area contributed by atoms with Gasteiger partial charge in [0.2, 0.25) is 21.8 Å². The molecule has 1 N–H and O–H groups in total. The number of aryl methyl sites for hydroxylation is 1. The third-order valence-corrected chi connectivity index (χ3v) is 7.24. The zero-order valence-corrected chi connectivity index (χ0v) is 22.9. The van der Waals surface area contributed by atoms with Gasteiger partial charge in [-0.25, -0.2) is 8.42 Å². The minimum Gasteiger partial charge on any atom is -0.355 e. The Kier molecular flexibility index (Phi) is 10.9. The van der Waals surface area contributed by atoms with Crippen molar-refractivity contribution in [1.29, 1.82) is 0 Å². The van der Waals surface area contributed by atoms with Crippen LogP contribution in [0.5, 0.6) is 0 Å². The highest BCUT2D eigenvalue weighted by molar-refractivity contribution is 7.92. The number of carbonyl (C=O) groups is 2. The van der Waals surface area contributed by atoms with E-state index in [1.807, 2.05) is 45.0 Å². The number of amides is 2. The smallest absolute Gasteiger partial charge is 0.242 e. The molecule has 0 saturated heterocycles. The summed E-state index contributed by atoms with van der Waals surface area (Å²) in [4.78, 5) is 27.7. The summed E-state index contributed by atoms with van der Waals surface area (Å²) in [7, 11) is -3.67. The number of anilines is 1. The Labute approximate surface area is 218 Å². The number of carbonyl (C=O) groups excluding carboxylic acids is 2. The molecule has 0 aliphatic rings. The number of rotatable bonds is 12. The molecular formula is C25H33Cl2N3O4S. The van der Waals surface area contributed by atoms with E-state index in [-0.39, 0.29) is 48.5 Å². The minimum absolute atomic E-state index is 0.0425. The number of nitrogens with one attached hydrogen (secondary N) is 1. The van der Waals surface area contributed by atoms with Gasteiger partial charge >= 0.3 is 0 Å². The second-order valence-electron chi connectivity index (χ2n) is 8.36. The predicted molar refractivity (Wildman–Crippen MR) is 142 cm³/mol. The molecule has 35 heavy (non-hydrogen) atoms. The first-order chi connectivity index (χ1) is 16.5. The number of nitrogens with zero attached hydrogens (tertiary/aromatic N) is 2. The molecule has 192 valence electrons. The van der Waals surface area contributed by atoms with Crippen LogP contribution >= 0.6 is 23.2 Å². The zero-order valence-electron chi connectivity index (χ0n) is 20.6. The van der Waals surface area contributed by atoms with Gasteiger partial charge in [0.25, 0.3) is 0 Å². The zero-order chi connectivity index (χ0) is 26.2. The number of likely N-dealkylation sites (N-methyl/N-ethyl adjacent to an activating group) is 1. The number of hydrogen-bond acceptors (Lipinski definition) is 4. The summed E-state index contributed by atoms with van der Waals surface area (Å²) in [6, 6.07) is 11.8. The fraction of sp³-hybridized carbons (Fsp3) is 0.440. The van der Waals surface area contributed by atoms with E-state index in [0.29, 0.717) is 18.0 Å². The van der Waals surface area contributed by atoms with Gasteiger partial charge in [-0.05, 0) is 50.5 Å². The highest BCUT2D eigenvalue weighted by atomic mass is 35.5. The number of benzene rings is 2. The summed E-state index contributed by atoms with van der Waals surface area (Å²) in [5, 5.41) is 3.41. The maximum Gasteiger partial charge on any atom is 0.242 e. The summed E-state index contributed by atoms with van der Waals surface area (Å²) < 4.78 is 26.1. The molecule has 0 aliphatic heterocycles. The lowest BCUT2D eigenvalue weighted by atomic mass is 10.1. The number of hydrogen-bond donors (Lipinski definition) is 1. The third kappa shape index (κ3) is 8.40. The standard InChI is InChI=1S/C25H33Cl2N3O4S/c1-5-22(25(32)28-6-2)29(17-19-10-7-9-18(3)15-19)24(31)11-8-14-30(35(4,33)34)23-16-20(26)12-13-21(23)27/h7,9-10,12-13,15-16,22H,5-6,8,11,14,17H2,1-4H3,(H,28,32). The molecule has 0 bridgehead atoms. The molecule has 0 radical (unpaired) electrons. The topological polar surface area (TPSA) is 86.8 Å². The second kappa shape index (κ2) is 13.1. The molecule has 0 saturated carbocycles. The van der Waals surface area contributed by atoms with Gasteiger partial charge in [0.15, 0.2) is 0 Å². The van der Waals surface area contributed by atoms with E-state index in [1.165, 1.54) is 12.1 Å². The van der Waals surface area contributed by atoms with Gasteiger partial charge in [0, 0.05) is 31.1 Å². The largest absolute Gasteiger partial charge is 0.355 e. The van der Waals surface area contributed by atoms with Crippen molar-refractivity contribution in [2.45, 2.75) is 52.6 Å². The normalized spacial score (nSPS) is 12.2. The predicted octanol–water partition coefficient (Wildman–Crippen LogP) is 4.79. The third-order valence-electron chi connectivity index (χ3n) is 5.50. The van der Waals surface area contributed by atoms with Crippen LogP contribution in [0, 0.1) is 6.92 Å². The minimum atomic E-state index is -3.67. The van der Waals surface area contributed by atoms with Gasteiger partial charge < -0.3 is 10.2 Å². The van der Waals surface area contributed by atoms with Crippen molar-refractivity contribution in [2.24, 2.45) is 0 Å². The first kappa shape index (κ1) is 28.9. The van der Waals surface area contributed by atoms with Crippen LogP contribution in [-0.2, 0) is 26.2 Å². The van der Waals surface area contributed by atoms with Crippen molar-refractivity contribution in [1.82, 2.24) is 10.2 Å². The quantitative estimate of drug-likeness (QED) is 0.418. The molecule has 2 aromatic carbocycles. The molecule has 7 nitrogen and oxygen atoms in total. The van der Waals surface area contributed by atoms with Crippen molar-refractivity contribution < 1.29 is 18.0 Å². The summed E-state index contributed by atoms with van der Waals surface area (Å²) in [5.74, 6) is -0.435. The second-order valence-corrected chi connectivity index (χ2v) is 11.1. The van der Waals surface area contributed by atoms with Crippen LogP contribution in [0.3, 0.4) is 0 Å². The van der Waals surface area contributed by atoms with Crippen molar-refractivity contribution in [3.63, 3.8) is 0 Å². The molecule has 0 aliphatic carbocycles. The molecule has 2 amide bonds. The Morgan fingerprint density at radius 1 is 1.09 bits per heavy atom. The van der Waals surface area contributed by atoms with Crippen molar-refractivity contribution in [3.05, 3.63) is 63.6 Å². The molecular weight excluding hydrogens is 509 g/mol. The number of sulfonamides is 1. The highest BCUT2D eigenvalue weighted by Crippen LogP contribution is 2.31. The molecule has 2 rings (SSSR count). The molecule has 0 aromatic heterocycles. The maximum atomic E-state index is 13.4. The van der Waals surface area contributed by atoms with E-state index < -0.39 is 16.1 Å². The Balaban J connectivity index is 2.24. The van der Waals surface area contributed by atoms with Crippen LogP contribution in [0.15, 0.2) is 42.5 Å². The molecule has 2 aromatic rings. The lowest BCUT2D eigenvalue weighted by Gasteiger charge is -2.31. The van der Waals surface area contributed by atoms with Gasteiger partial charge in [-0.15, -0.1) is 0 Å². The Bertz CT molecular complexity index is 1140. The van der Waals surface area contributed by atoms with Gasteiger partial charge in [0.05, 0.1) is 17.0 Å². The van der Waals surface area contributed by atoms with Crippen LogP contribution in [0.4, 0.5) is 5.69 Å². The Hall–Kier alpha value is -2.29. The number of halogens is 2. The highest BCUT2D eigenvalue weighted by Gasteiger charge is 2.29. The van der Waals surface area contributed by atoms with Crippen molar-refractivity contribution in [3.8, 4) is 0 Å². The fourth-order valence-electron chi connectivity index (χ4n) is 3.88. The van der Waals surface area contributed by atoms with Crippen LogP contribution in [0.2, 0.25) is 10.0 Å². The summed E-state index contributed by atoms with van der Waals surface area (Å²) in [5.41, 5.74) is 2.24. The molecule has 0 fully saturated rings. The first-order valence-corrected chi connectivity index (χ1v) is 14.1. The van der Waals surface area contributed by atoms with E-state index >= 15 is 0 Å². The van der Waals surface area contributed by atoms with Crippen LogP contribution < -0.4 is 9.62 Å². The van der Waals surface area contributed by atoms with E-state index in [2.05, 4.69) is 5.32 Å². The van der Waals surface area contributed by atoms with E-state index in [1.54, 1.807) is 11.0 Å². The maximum absolute atomic E-state index is 13.4. The van der Waals surface area contributed by atoms with Crippen LogP contribution in [0.25, 0.3) is 0 Å². The average molecular weight is 543 g/mol. The summed E-state index contributed by atoms with van der Waals surface area (Å²) in [6.07, 6.45) is 1.84. The van der Waals surface area contributed by atoms with Gasteiger partial charge in [0.1, 0.15) is 6.04 Å². The fourth-order valence-corrected chi connectivity index (χ4v) is 5.28. The van der Waals surface area contributed by atoms with Gasteiger partial charge in [-0.3, -0.25) is 13.9 Å². The average Bonchev–Trinajstić information content (AvgIpc) is 2.77. The Morgan fingerprint density at radius 3 is 2.40 bits per heavy atom. The molecule has 0 heterocycles. The van der Waals surface area contributed by atoms with Gasteiger partial charge in [-0.1, -0.05) is 60.0 Å². The van der Waals surface area contributed by atoms with Crippen molar-refractivity contribution >= 4 is 50.7 Å². The molecule has 1 atom stereocenters. The van der Waals surface area contributed by atoms with Gasteiger partial charge in [-0.2, -0.15) is 0 Å². The molecule has 1 unspecified atom stereocenters. The molecule has 0 spiro atoms. The van der Waals surface area contributed by atoms with E-state index in [4.69, 9.17) is 23.2 Å². The summed E-state index contributed by atoms with van der Waals surface area (Å²) >= 11 is 12.3. The monoisotopic (exact) mass is 541 g/mol. The lowest BCUT2D eigenvalue weighted by molar-refractivity contribution is -0.141. The van der Waals surface area contributed by atoms with Crippen LogP contribution in [-0.4, -0.2) is 50.5 Å². The summed E-state index contributed by atoms with van der Waals surface area (Å²) in [6.45, 7) is 6.46. The Morgan fingerprint density at radius 2 is 1.80 bits per heavy atom. The molecule has 10 heteroatoms. The van der Waals surface area contributed by atoms with E-state index in [9.17, 15) is 18.0 Å². The van der Waals surface area contributed by atoms with Crippen molar-refractivity contribution in [2.75, 3.05) is 23.7 Å². The van der Waals surface area contributed by atoms with Crippen LogP contribution in [0.1, 0.15) is 44.2 Å². The lowest BCUT2D eigenvalue weighted by Crippen LogP contribution is -2.49.